The van der Waals surface area contributed by atoms with Crippen molar-refractivity contribution < 1.29 is 80.2 Å². The summed E-state index contributed by atoms with van der Waals surface area (Å²) in [4.78, 5) is 73.0. The molecule has 2 unspecified atom stereocenters. The number of rotatable bonds is 77. The van der Waals surface area contributed by atoms with E-state index in [0.717, 1.165) is 108 Å². The van der Waals surface area contributed by atoms with Gasteiger partial charge in [0.05, 0.1) is 26.4 Å². The Kier molecular flexibility index (Phi) is 68.1. The number of ether oxygens (including phenoxy) is 4. The minimum Gasteiger partial charge on any atom is -0.462 e. The van der Waals surface area contributed by atoms with Crippen LogP contribution in [-0.2, 0) is 65.4 Å². The number of aliphatic hydroxyl groups is 1. The normalized spacial score (nSPS) is 14.0. The summed E-state index contributed by atoms with van der Waals surface area (Å²) in [6.07, 6.45) is 56.9. The lowest BCUT2D eigenvalue weighted by molar-refractivity contribution is -0.161. The largest absolute Gasteiger partial charge is 0.472 e. The number of phosphoric ester groups is 2. The van der Waals surface area contributed by atoms with Crippen molar-refractivity contribution in [2.24, 2.45) is 17.8 Å². The summed E-state index contributed by atoms with van der Waals surface area (Å²) in [6.45, 7) is 11.9. The third-order valence-electron chi connectivity index (χ3n) is 18.4. The summed E-state index contributed by atoms with van der Waals surface area (Å²) >= 11 is 0. The van der Waals surface area contributed by atoms with E-state index in [1.807, 2.05) is 0 Å². The molecule has 0 aliphatic rings. The average molecular weight is 1440 g/mol. The van der Waals surface area contributed by atoms with Crippen molar-refractivity contribution in [2.45, 2.75) is 426 Å². The van der Waals surface area contributed by atoms with E-state index in [2.05, 4.69) is 48.5 Å². The molecule has 0 saturated carbocycles. The Morgan fingerprint density at radius 1 is 0.276 bits per heavy atom. The number of hydrogen-bond acceptors (Lipinski definition) is 15. The van der Waals surface area contributed by atoms with Gasteiger partial charge in [-0.05, 0) is 43.4 Å². The summed E-state index contributed by atoms with van der Waals surface area (Å²) in [5.74, 6) is 0.160. The van der Waals surface area contributed by atoms with Crippen LogP contribution in [0.5, 0.6) is 0 Å². The minimum absolute atomic E-state index is 0.105. The topological polar surface area (TPSA) is 237 Å². The molecule has 0 aromatic heterocycles. The molecule has 0 saturated heterocycles. The molecule has 0 bridgehead atoms. The van der Waals surface area contributed by atoms with Crippen LogP contribution in [0.1, 0.15) is 408 Å². The molecule has 0 rings (SSSR count). The summed E-state index contributed by atoms with van der Waals surface area (Å²) in [5.41, 5.74) is 0. The molecule has 0 heterocycles. The third-order valence-corrected chi connectivity index (χ3v) is 20.3. The van der Waals surface area contributed by atoms with Gasteiger partial charge in [0.2, 0.25) is 0 Å². The monoisotopic (exact) mass is 1440 g/mol. The number of phosphoric acid groups is 2. The smallest absolute Gasteiger partial charge is 0.462 e. The molecular formula is C79H154O17P2. The van der Waals surface area contributed by atoms with Gasteiger partial charge < -0.3 is 33.8 Å². The van der Waals surface area contributed by atoms with Crippen LogP contribution in [0.3, 0.4) is 0 Å². The molecule has 0 radical (unpaired) electrons. The fourth-order valence-corrected chi connectivity index (χ4v) is 13.7. The maximum absolute atomic E-state index is 13.1. The lowest BCUT2D eigenvalue weighted by atomic mass is 10.0. The molecule has 0 fully saturated rings. The van der Waals surface area contributed by atoms with Gasteiger partial charge in [-0.25, -0.2) is 9.13 Å². The second-order valence-electron chi connectivity index (χ2n) is 29.9. The second kappa shape index (κ2) is 69.4. The minimum atomic E-state index is -4.96. The van der Waals surface area contributed by atoms with E-state index < -0.39 is 97.5 Å². The Bertz CT molecular complexity index is 1900. The van der Waals surface area contributed by atoms with E-state index in [1.165, 1.54) is 218 Å². The lowest BCUT2D eigenvalue weighted by Crippen LogP contribution is -2.30. The van der Waals surface area contributed by atoms with Crippen molar-refractivity contribution in [1.82, 2.24) is 0 Å². The van der Waals surface area contributed by atoms with Crippen LogP contribution >= 0.6 is 15.6 Å². The van der Waals surface area contributed by atoms with Crippen molar-refractivity contribution in [3.8, 4) is 0 Å². The first-order valence-corrected chi connectivity index (χ1v) is 43.8. The highest BCUT2D eigenvalue weighted by molar-refractivity contribution is 7.47. The molecule has 582 valence electrons. The Balaban J connectivity index is 5.25. The van der Waals surface area contributed by atoms with Gasteiger partial charge in [-0.3, -0.25) is 37.3 Å². The van der Waals surface area contributed by atoms with Crippen LogP contribution in [0.2, 0.25) is 0 Å². The fraction of sp³-hybridized carbons (Fsp3) is 0.949. The second-order valence-corrected chi connectivity index (χ2v) is 32.8. The zero-order valence-corrected chi connectivity index (χ0v) is 66.0. The fourth-order valence-electron chi connectivity index (χ4n) is 12.1. The van der Waals surface area contributed by atoms with E-state index in [0.29, 0.717) is 25.7 Å². The first-order chi connectivity index (χ1) is 47.2. The number of carbonyl (C=O) groups excluding carboxylic acids is 4. The van der Waals surface area contributed by atoms with Crippen molar-refractivity contribution >= 4 is 39.5 Å². The first-order valence-electron chi connectivity index (χ1n) is 40.8. The molecular weight excluding hydrogens is 1280 g/mol. The van der Waals surface area contributed by atoms with Gasteiger partial charge in [-0.1, -0.05) is 357 Å². The Morgan fingerprint density at radius 3 is 0.694 bits per heavy atom. The van der Waals surface area contributed by atoms with Gasteiger partial charge in [-0.15, -0.1) is 0 Å². The molecule has 0 aliphatic carbocycles. The molecule has 0 spiro atoms. The molecule has 0 aromatic carbocycles. The number of hydrogen-bond donors (Lipinski definition) is 3. The first kappa shape index (κ1) is 96.1. The van der Waals surface area contributed by atoms with E-state index in [9.17, 15) is 43.2 Å². The SMILES string of the molecule is CCCCCCCCCCCCCCCCCCCC(=O)OC[C@H](COP(=O)(O)OC[C@@H](O)COP(=O)(O)OC[C@@H](COC(=O)CCCCCCCCCCC(C)C)OC(=O)CCCCCCCCCCCCC(C)C)OC(=O)CCCCCCCCCCCCCCCCC(C)C. The number of unbranched alkanes of at least 4 members (excludes halogenated alkanes) is 45. The summed E-state index contributed by atoms with van der Waals surface area (Å²) in [5, 5.41) is 10.6. The van der Waals surface area contributed by atoms with Crippen LogP contribution in [0, 0.1) is 17.8 Å². The Hall–Kier alpha value is -1.94. The Labute approximate surface area is 600 Å². The molecule has 3 N–H and O–H groups in total. The third kappa shape index (κ3) is 72.4. The maximum atomic E-state index is 13.1. The average Bonchev–Trinajstić information content (AvgIpc) is 1.02. The van der Waals surface area contributed by atoms with Crippen LogP contribution < -0.4 is 0 Å². The van der Waals surface area contributed by atoms with Gasteiger partial charge in [0.15, 0.2) is 12.2 Å². The highest BCUT2D eigenvalue weighted by atomic mass is 31.2. The van der Waals surface area contributed by atoms with E-state index in [-0.39, 0.29) is 25.7 Å². The summed E-state index contributed by atoms with van der Waals surface area (Å²) in [6, 6.07) is 0. The predicted octanol–water partition coefficient (Wildman–Crippen LogP) is 23.4. The van der Waals surface area contributed by atoms with E-state index in [4.69, 9.17) is 37.0 Å². The number of aliphatic hydroxyl groups excluding tert-OH is 1. The van der Waals surface area contributed by atoms with Gasteiger partial charge in [-0.2, -0.15) is 0 Å². The molecule has 17 nitrogen and oxygen atoms in total. The van der Waals surface area contributed by atoms with Crippen LogP contribution in [0.15, 0.2) is 0 Å². The molecule has 0 aromatic rings. The van der Waals surface area contributed by atoms with Gasteiger partial charge in [0.25, 0.3) is 0 Å². The predicted molar refractivity (Wildman–Crippen MR) is 400 cm³/mol. The maximum Gasteiger partial charge on any atom is 0.472 e. The van der Waals surface area contributed by atoms with Gasteiger partial charge >= 0.3 is 39.5 Å². The number of carbonyl (C=O) groups is 4. The van der Waals surface area contributed by atoms with Crippen molar-refractivity contribution in [1.29, 1.82) is 0 Å². The van der Waals surface area contributed by atoms with E-state index >= 15 is 0 Å². The van der Waals surface area contributed by atoms with Crippen molar-refractivity contribution in [3.05, 3.63) is 0 Å². The van der Waals surface area contributed by atoms with Crippen LogP contribution in [-0.4, -0.2) is 96.7 Å². The highest BCUT2D eigenvalue weighted by Gasteiger charge is 2.30. The lowest BCUT2D eigenvalue weighted by Gasteiger charge is -2.21. The summed E-state index contributed by atoms with van der Waals surface area (Å²) < 4.78 is 68.7. The van der Waals surface area contributed by atoms with Gasteiger partial charge in [0.1, 0.15) is 19.3 Å². The molecule has 19 heteroatoms. The molecule has 0 aliphatic heterocycles. The van der Waals surface area contributed by atoms with E-state index in [1.54, 1.807) is 0 Å². The van der Waals surface area contributed by atoms with Crippen LogP contribution in [0.4, 0.5) is 0 Å². The quantitative estimate of drug-likeness (QED) is 0.0222. The van der Waals surface area contributed by atoms with Crippen molar-refractivity contribution in [3.63, 3.8) is 0 Å². The molecule has 98 heavy (non-hydrogen) atoms. The van der Waals surface area contributed by atoms with Crippen LogP contribution in [0.25, 0.3) is 0 Å². The zero-order chi connectivity index (χ0) is 72.3. The molecule has 0 amide bonds. The highest BCUT2D eigenvalue weighted by Crippen LogP contribution is 2.45. The summed E-state index contributed by atoms with van der Waals surface area (Å²) in [7, 11) is -9.92. The zero-order valence-electron chi connectivity index (χ0n) is 64.3. The standard InChI is InChI=1S/C79H154O17P2/c1-8-9-10-11-12-13-14-15-16-17-18-22-25-31-39-46-53-60-76(81)89-66-74(95-78(83)62-55-48-41-32-26-23-20-19-21-24-29-36-43-50-57-70(2)3)68-93-97(85,86)91-64-73(80)65-92-98(87,88)94-69-75(67-90-77(82)61-54-47-40-35-34-38-45-52-59-72(6)7)96-79(84)63-56-49-42-33-28-27-30-37-44-51-58-71(4)5/h70-75,80H,8-69H2,1-7H3,(H,85,86)(H,87,88)/t73-,74-,75-/m1/s1. The van der Waals surface area contributed by atoms with Crippen molar-refractivity contribution in [2.75, 3.05) is 39.6 Å². The van der Waals surface area contributed by atoms with Gasteiger partial charge in [0, 0.05) is 25.7 Å². The number of esters is 4. The molecule has 5 atom stereocenters. The Morgan fingerprint density at radius 2 is 0.469 bits per heavy atom.